The van der Waals surface area contributed by atoms with Gasteiger partial charge < -0.3 is 5.32 Å². The lowest BCUT2D eigenvalue weighted by Crippen LogP contribution is -2.35. The lowest BCUT2D eigenvalue weighted by molar-refractivity contribution is -0.385. The van der Waals surface area contributed by atoms with Crippen molar-refractivity contribution in [2.75, 3.05) is 0 Å². The van der Waals surface area contributed by atoms with Gasteiger partial charge in [-0.05, 0) is 26.8 Å². The van der Waals surface area contributed by atoms with Gasteiger partial charge in [-0.25, -0.2) is 0 Å². The van der Waals surface area contributed by atoms with E-state index in [-0.39, 0.29) is 11.2 Å². The molecule has 0 heterocycles. The van der Waals surface area contributed by atoms with E-state index in [1.165, 1.54) is 6.07 Å². The molecular formula is C11H15ClN2O2. The summed E-state index contributed by atoms with van der Waals surface area (Å²) in [5, 5.41) is 14.4. The van der Waals surface area contributed by atoms with Crippen LogP contribution in [0.1, 0.15) is 26.3 Å². The van der Waals surface area contributed by atoms with Crippen LogP contribution in [0.3, 0.4) is 0 Å². The second-order valence-electron chi connectivity index (χ2n) is 4.60. The molecule has 0 aliphatic heterocycles. The lowest BCUT2D eigenvalue weighted by Gasteiger charge is -2.20. The van der Waals surface area contributed by atoms with Crippen LogP contribution in [0.4, 0.5) is 5.69 Å². The average molecular weight is 243 g/mol. The SMILES string of the molecule is CC(C)(C)NCc1c(Cl)cccc1[N+](=O)[O-]. The van der Waals surface area contributed by atoms with E-state index in [4.69, 9.17) is 11.6 Å². The molecule has 4 nitrogen and oxygen atoms in total. The Balaban J connectivity index is 2.98. The van der Waals surface area contributed by atoms with Crippen molar-refractivity contribution in [1.29, 1.82) is 0 Å². The normalized spacial score (nSPS) is 11.5. The number of hydrogen-bond donors (Lipinski definition) is 1. The number of hydrogen-bond acceptors (Lipinski definition) is 3. The molecule has 1 N–H and O–H groups in total. The molecule has 0 saturated heterocycles. The van der Waals surface area contributed by atoms with E-state index in [1.54, 1.807) is 12.1 Å². The standard InChI is InChI=1S/C11H15ClN2O2/c1-11(2,3)13-7-8-9(12)5-4-6-10(8)14(15)16/h4-6,13H,7H2,1-3H3. The van der Waals surface area contributed by atoms with Crippen molar-refractivity contribution in [2.45, 2.75) is 32.9 Å². The number of nitrogens with one attached hydrogen (secondary N) is 1. The van der Waals surface area contributed by atoms with Gasteiger partial charge >= 0.3 is 0 Å². The smallest absolute Gasteiger partial charge is 0.275 e. The molecular weight excluding hydrogens is 228 g/mol. The Bertz CT molecular complexity index is 399. The van der Waals surface area contributed by atoms with Gasteiger partial charge in [0, 0.05) is 18.2 Å². The molecule has 0 aromatic heterocycles. The van der Waals surface area contributed by atoms with Crippen molar-refractivity contribution in [3.8, 4) is 0 Å². The Kier molecular flexibility index (Phi) is 3.88. The molecule has 1 rings (SSSR count). The first-order valence-corrected chi connectivity index (χ1v) is 5.36. The second-order valence-corrected chi connectivity index (χ2v) is 5.01. The topological polar surface area (TPSA) is 55.2 Å². The van der Waals surface area contributed by atoms with Crippen LogP contribution in [-0.2, 0) is 6.54 Å². The summed E-state index contributed by atoms with van der Waals surface area (Å²) in [5.41, 5.74) is 0.487. The summed E-state index contributed by atoms with van der Waals surface area (Å²) in [6.45, 7) is 6.38. The second kappa shape index (κ2) is 4.80. The van der Waals surface area contributed by atoms with E-state index >= 15 is 0 Å². The zero-order valence-corrected chi connectivity index (χ0v) is 10.3. The van der Waals surface area contributed by atoms with Crippen molar-refractivity contribution in [3.05, 3.63) is 38.9 Å². The summed E-state index contributed by atoms with van der Waals surface area (Å²) >= 11 is 5.96. The maximum absolute atomic E-state index is 10.8. The fourth-order valence-electron chi connectivity index (χ4n) is 1.25. The number of nitro benzene ring substituents is 1. The van der Waals surface area contributed by atoms with Gasteiger partial charge in [0.05, 0.1) is 15.5 Å². The van der Waals surface area contributed by atoms with Gasteiger partial charge in [0.25, 0.3) is 5.69 Å². The molecule has 0 aliphatic carbocycles. The van der Waals surface area contributed by atoms with Gasteiger partial charge in [-0.2, -0.15) is 0 Å². The molecule has 1 aromatic rings. The van der Waals surface area contributed by atoms with Crippen molar-refractivity contribution in [3.63, 3.8) is 0 Å². The van der Waals surface area contributed by atoms with Crippen molar-refractivity contribution < 1.29 is 4.92 Å². The van der Waals surface area contributed by atoms with E-state index < -0.39 is 4.92 Å². The highest BCUT2D eigenvalue weighted by molar-refractivity contribution is 6.31. The predicted octanol–water partition coefficient (Wildman–Crippen LogP) is 3.14. The maximum atomic E-state index is 10.8. The van der Waals surface area contributed by atoms with E-state index in [2.05, 4.69) is 5.32 Å². The third-order valence-corrected chi connectivity index (χ3v) is 2.44. The largest absolute Gasteiger partial charge is 0.308 e. The summed E-state index contributed by atoms with van der Waals surface area (Å²) in [7, 11) is 0. The summed E-state index contributed by atoms with van der Waals surface area (Å²) in [5.74, 6) is 0. The molecule has 0 saturated carbocycles. The Morgan fingerprint density at radius 1 is 1.44 bits per heavy atom. The van der Waals surface area contributed by atoms with Crippen LogP contribution >= 0.6 is 11.6 Å². The van der Waals surface area contributed by atoms with Gasteiger partial charge in [-0.3, -0.25) is 10.1 Å². The maximum Gasteiger partial charge on any atom is 0.275 e. The Labute approximate surface area is 99.8 Å². The fourth-order valence-corrected chi connectivity index (χ4v) is 1.48. The quantitative estimate of drug-likeness (QED) is 0.654. The van der Waals surface area contributed by atoms with Gasteiger partial charge in [0.2, 0.25) is 0 Å². The number of benzene rings is 1. The van der Waals surface area contributed by atoms with Crippen LogP contribution < -0.4 is 5.32 Å². The zero-order valence-electron chi connectivity index (χ0n) is 9.58. The summed E-state index contributed by atoms with van der Waals surface area (Å²) in [6.07, 6.45) is 0. The molecule has 0 aliphatic rings. The zero-order chi connectivity index (χ0) is 12.3. The highest BCUT2D eigenvalue weighted by Gasteiger charge is 2.18. The first-order chi connectivity index (χ1) is 7.31. The highest BCUT2D eigenvalue weighted by Crippen LogP contribution is 2.26. The molecule has 0 fully saturated rings. The van der Waals surface area contributed by atoms with E-state index in [0.717, 1.165) is 0 Å². The Morgan fingerprint density at radius 3 is 2.56 bits per heavy atom. The van der Waals surface area contributed by atoms with Gasteiger partial charge in [0.15, 0.2) is 0 Å². The molecule has 1 aromatic carbocycles. The molecule has 16 heavy (non-hydrogen) atoms. The Morgan fingerprint density at radius 2 is 2.06 bits per heavy atom. The highest BCUT2D eigenvalue weighted by atomic mass is 35.5. The van der Waals surface area contributed by atoms with Crippen LogP contribution in [0.25, 0.3) is 0 Å². The number of rotatable bonds is 3. The monoisotopic (exact) mass is 242 g/mol. The van der Waals surface area contributed by atoms with E-state index in [1.807, 2.05) is 20.8 Å². The molecule has 0 bridgehead atoms. The molecule has 0 atom stereocenters. The van der Waals surface area contributed by atoms with Crippen molar-refractivity contribution in [1.82, 2.24) is 5.32 Å². The lowest BCUT2D eigenvalue weighted by atomic mass is 10.1. The minimum atomic E-state index is -0.411. The molecule has 0 amide bonds. The average Bonchev–Trinajstić information content (AvgIpc) is 2.13. The number of nitrogens with zero attached hydrogens (tertiary/aromatic N) is 1. The van der Waals surface area contributed by atoms with Crippen LogP contribution in [0.2, 0.25) is 5.02 Å². The van der Waals surface area contributed by atoms with Crippen LogP contribution in [0, 0.1) is 10.1 Å². The molecule has 88 valence electrons. The minimum Gasteiger partial charge on any atom is -0.308 e. The van der Waals surface area contributed by atoms with E-state index in [9.17, 15) is 10.1 Å². The van der Waals surface area contributed by atoms with Crippen LogP contribution in [0.5, 0.6) is 0 Å². The van der Waals surface area contributed by atoms with E-state index in [0.29, 0.717) is 17.1 Å². The van der Waals surface area contributed by atoms with Gasteiger partial charge in [-0.1, -0.05) is 17.7 Å². The molecule has 5 heteroatoms. The third-order valence-electron chi connectivity index (χ3n) is 2.09. The first kappa shape index (κ1) is 12.9. The van der Waals surface area contributed by atoms with Crippen molar-refractivity contribution >= 4 is 17.3 Å². The first-order valence-electron chi connectivity index (χ1n) is 4.98. The third kappa shape index (κ3) is 3.47. The van der Waals surface area contributed by atoms with Crippen LogP contribution in [-0.4, -0.2) is 10.5 Å². The molecule has 0 radical (unpaired) electrons. The summed E-state index contributed by atoms with van der Waals surface area (Å²) in [6, 6.07) is 4.71. The van der Waals surface area contributed by atoms with Crippen molar-refractivity contribution in [2.24, 2.45) is 0 Å². The minimum absolute atomic E-state index is 0.0595. The summed E-state index contributed by atoms with van der Waals surface area (Å²) in [4.78, 5) is 10.4. The number of halogens is 1. The molecule has 0 unspecified atom stereocenters. The fraction of sp³-hybridized carbons (Fsp3) is 0.455. The summed E-state index contributed by atoms with van der Waals surface area (Å²) < 4.78 is 0. The van der Waals surface area contributed by atoms with Gasteiger partial charge in [-0.15, -0.1) is 0 Å². The predicted molar refractivity (Wildman–Crippen MR) is 64.7 cm³/mol. The van der Waals surface area contributed by atoms with Gasteiger partial charge in [0.1, 0.15) is 0 Å². The van der Waals surface area contributed by atoms with Crippen LogP contribution in [0.15, 0.2) is 18.2 Å². The molecule has 0 spiro atoms. The Hall–Kier alpha value is -1.13. The number of nitro groups is 1.